The van der Waals surface area contributed by atoms with Gasteiger partial charge in [0.25, 0.3) is 5.91 Å². The second-order valence-corrected chi connectivity index (χ2v) is 4.75. The van der Waals surface area contributed by atoms with E-state index in [0.717, 1.165) is 12.8 Å². The molecule has 1 amide bonds. The average molecular weight is 250 g/mol. The maximum atomic E-state index is 12.1. The molecule has 1 aliphatic rings. The van der Waals surface area contributed by atoms with E-state index in [1.807, 2.05) is 0 Å². The number of aromatic nitrogens is 1. The van der Waals surface area contributed by atoms with E-state index >= 15 is 0 Å². The third-order valence-corrected chi connectivity index (χ3v) is 3.25. The number of aliphatic hydroxyl groups excluding tert-OH is 1. The molecule has 0 aliphatic heterocycles. The van der Waals surface area contributed by atoms with Gasteiger partial charge in [-0.3, -0.25) is 4.79 Å². The normalized spacial score (nSPS) is 22.2. The highest BCUT2D eigenvalue weighted by Gasteiger charge is 2.29. The topological polar surface area (TPSA) is 91.5 Å². The van der Waals surface area contributed by atoms with E-state index in [9.17, 15) is 9.90 Å². The Balaban J connectivity index is 1.92. The highest BCUT2D eigenvalue weighted by molar-refractivity contribution is 5.93. The molecule has 1 aliphatic carbocycles. The van der Waals surface area contributed by atoms with Gasteiger partial charge in [0.15, 0.2) is 0 Å². The van der Waals surface area contributed by atoms with Crippen molar-refractivity contribution in [3.8, 4) is 0 Å². The Morgan fingerprint density at radius 2 is 2.33 bits per heavy atom. The number of hydrazine groups is 1. The molecular formula is C12H18N4O2. The van der Waals surface area contributed by atoms with Crippen molar-refractivity contribution in [2.45, 2.75) is 18.9 Å². The summed E-state index contributed by atoms with van der Waals surface area (Å²) in [5.74, 6) is 6.08. The van der Waals surface area contributed by atoms with Crippen LogP contribution in [0.15, 0.2) is 18.3 Å². The molecule has 1 saturated carbocycles. The maximum absolute atomic E-state index is 12.1. The lowest BCUT2D eigenvalue weighted by Gasteiger charge is -2.34. The number of aliphatic hydroxyl groups is 1. The number of amides is 1. The third-order valence-electron chi connectivity index (χ3n) is 3.25. The number of nitrogens with zero attached hydrogens (tertiary/aromatic N) is 2. The number of carbonyl (C=O) groups excluding carboxylic acids is 1. The third kappa shape index (κ3) is 2.77. The minimum absolute atomic E-state index is 0.0625. The van der Waals surface area contributed by atoms with Gasteiger partial charge in [0.1, 0.15) is 5.82 Å². The average Bonchev–Trinajstić information content (AvgIpc) is 2.36. The van der Waals surface area contributed by atoms with Crippen LogP contribution in [0, 0.1) is 5.92 Å². The van der Waals surface area contributed by atoms with Crippen LogP contribution in [0.4, 0.5) is 5.82 Å². The summed E-state index contributed by atoms with van der Waals surface area (Å²) in [4.78, 5) is 17.7. The molecule has 1 fully saturated rings. The molecule has 0 aromatic carbocycles. The summed E-state index contributed by atoms with van der Waals surface area (Å²) >= 11 is 0. The zero-order valence-corrected chi connectivity index (χ0v) is 10.3. The monoisotopic (exact) mass is 250 g/mol. The summed E-state index contributed by atoms with van der Waals surface area (Å²) in [5, 5.41) is 9.21. The fraction of sp³-hybridized carbons (Fsp3) is 0.500. The molecule has 0 spiro atoms. The second-order valence-electron chi connectivity index (χ2n) is 4.75. The van der Waals surface area contributed by atoms with Crippen LogP contribution in [-0.2, 0) is 0 Å². The van der Waals surface area contributed by atoms with Gasteiger partial charge in [-0.15, -0.1) is 0 Å². The molecular weight excluding hydrogens is 232 g/mol. The summed E-state index contributed by atoms with van der Waals surface area (Å²) in [6, 6.07) is 3.35. The number of nitrogens with two attached hydrogens (primary N) is 1. The number of hydrogen-bond acceptors (Lipinski definition) is 5. The van der Waals surface area contributed by atoms with E-state index in [1.165, 1.54) is 6.20 Å². The Hall–Kier alpha value is -1.66. The molecule has 1 heterocycles. The van der Waals surface area contributed by atoms with Crippen LogP contribution in [0.5, 0.6) is 0 Å². The van der Waals surface area contributed by atoms with Crippen LogP contribution in [0.3, 0.4) is 0 Å². The number of nitrogen functional groups attached to an aromatic ring is 1. The largest absolute Gasteiger partial charge is 0.393 e. The fourth-order valence-corrected chi connectivity index (χ4v) is 2.15. The van der Waals surface area contributed by atoms with Crippen molar-refractivity contribution in [3.05, 3.63) is 23.9 Å². The molecule has 0 radical (unpaired) electrons. The number of nitrogens with one attached hydrogen (secondary N) is 1. The van der Waals surface area contributed by atoms with Gasteiger partial charge in [-0.2, -0.15) is 0 Å². The molecule has 1 aromatic heterocycles. The lowest BCUT2D eigenvalue weighted by molar-refractivity contribution is 0.0265. The van der Waals surface area contributed by atoms with Crippen molar-refractivity contribution < 1.29 is 9.90 Å². The van der Waals surface area contributed by atoms with Crippen molar-refractivity contribution in [2.75, 3.05) is 19.0 Å². The number of carbonyl (C=O) groups is 1. The van der Waals surface area contributed by atoms with Crippen LogP contribution in [-0.4, -0.2) is 40.6 Å². The Bertz CT molecular complexity index is 415. The number of anilines is 1. The van der Waals surface area contributed by atoms with E-state index in [-0.39, 0.29) is 12.0 Å². The second kappa shape index (κ2) is 5.32. The first-order valence-electron chi connectivity index (χ1n) is 5.96. The first-order chi connectivity index (χ1) is 8.60. The summed E-state index contributed by atoms with van der Waals surface area (Å²) in [6.45, 7) is 0.673. The van der Waals surface area contributed by atoms with Crippen LogP contribution in [0.2, 0.25) is 0 Å². The Kier molecular flexibility index (Phi) is 3.78. The quantitative estimate of drug-likeness (QED) is 0.525. The molecule has 0 atom stereocenters. The summed E-state index contributed by atoms with van der Waals surface area (Å²) < 4.78 is 0. The zero-order chi connectivity index (χ0) is 13.1. The van der Waals surface area contributed by atoms with Crippen LogP contribution >= 0.6 is 0 Å². The predicted molar refractivity (Wildman–Crippen MR) is 67.7 cm³/mol. The Morgan fingerprint density at radius 1 is 1.61 bits per heavy atom. The van der Waals surface area contributed by atoms with Gasteiger partial charge in [-0.25, -0.2) is 10.8 Å². The first kappa shape index (κ1) is 12.8. The molecule has 4 N–H and O–H groups in total. The van der Waals surface area contributed by atoms with Crippen LogP contribution in [0.25, 0.3) is 0 Å². The molecule has 6 nitrogen and oxygen atoms in total. The zero-order valence-electron chi connectivity index (χ0n) is 10.3. The summed E-state index contributed by atoms with van der Waals surface area (Å²) in [7, 11) is 1.77. The van der Waals surface area contributed by atoms with E-state index in [4.69, 9.17) is 5.84 Å². The van der Waals surface area contributed by atoms with Crippen LogP contribution < -0.4 is 11.3 Å². The summed E-state index contributed by atoms with van der Waals surface area (Å²) in [5.41, 5.74) is 2.95. The standard InChI is InChI=1S/C12H18N4O2/c1-16(7-8-4-10(17)5-8)12(18)9-2-3-11(15-13)14-6-9/h2-3,6,8,10,17H,4-5,7,13H2,1H3,(H,14,15). The van der Waals surface area contributed by atoms with Gasteiger partial charge in [-0.1, -0.05) is 0 Å². The summed E-state index contributed by atoms with van der Waals surface area (Å²) in [6.07, 6.45) is 2.89. The van der Waals surface area contributed by atoms with Crippen molar-refractivity contribution in [1.29, 1.82) is 0 Å². The Labute approximate surface area is 106 Å². The molecule has 18 heavy (non-hydrogen) atoms. The lowest BCUT2D eigenvalue weighted by atomic mass is 9.82. The van der Waals surface area contributed by atoms with Gasteiger partial charge < -0.3 is 15.4 Å². The molecule has 0 saturated heterocycles. The highest BCUT2D eigenvalue weighted by Crippen LogP contribution is 2.27. The van der Waals surface area contributed by atoms with Crippen molar-refractivity contribution >= 4 is 11.7 Å². The smallest absolute Gasteiger partial charge is 0.255 e. The van der Waals surface area contributed by atoms with E-state index < -0.39 is 0 Å². The SMILES string of the molecule is CN(CC1CC(O)C1)C(=O)c1ccc(NN)nc1. The van der Waals surface area contributed by atoms with Gasteiger partial charge in [0.2, 0.25) is 0 Å². The minimum atomic E-state index is -0.185. The van der Waals surface area contributed by atoms with Gasteiger partial charge >= 0.3 is 0 Å². The van der Waals surface area contributed by atoms with Crippen molar-refractivity contribution in [2.24, 2.45) is 11.8 Å². The molecule has 2 rings (SSSR count). The lowest BCUT2D eigenvalue weighted by Crippen LogP contribution is -2.39. The van der Waals surface area contributed by atoms with Crippen LogP contribution in [0.1, 0.15) is 23.2 Å². The van der Waals surface area contributed by atoms with Crippen molar-refractivity contribution in [1.82, 2.24) is 9.88 Å². The van der Waals surface area contributed by atoms with Gasteiger partial charge in [-0.05, 0) is 30.9 Å². The number of pyridine rings is 1. The fourth-order valence-electron chi connectivity index (χ4n) is 2.15. The first-order valence-corrected chi connectivity index (χ1v) is 5.96. The Morgan fingerprint density at radius 3 is 2.83 bits per heavy atom. The minimum Gasteiger partial charge on any atom is -0.393 e. The maximum Gasteiger partial charge on any atom is 0.255 e. The molecule has 1 aromatic rings. The number of rotatable bonds is 4. The molecule has 0 unspecified atom stereocenters. The van der Waals surface area contributed by atoms with Gasteiger partial charge in [0, 0.05) is 19.8 Å². The van der Waals surface area contributed by atoms with Gasteiger partial charge in [0.05, 0.1) is 11.7 Å². The molecule has 98 valence electrons. The van der Waals surface area contributed by atoms with E-state index in [0.29, 0.717) is 23.8 Å². The highest BCUT2D eigenvalue weighted by atomic mass is 16.3. The van der Waals surface area contributed by atoms with Crippen molar-refractivity contribution in [3.63, 3.8) is 0 Å². The van der Waals surface area contributed by atoms with E-state index in [1.54, 1.807) is 24.1 Å². The number of hydrogen-bond donors (Lipinski definition) is 3. The molecule has 6 heteroatoms. The predicted octanol–water partition coefficient (Wildman–Crippen LogP) is 0.210. The van der Waals surface area contributed by atoms with E-state index in [2.05, 4.69) is 10.4 Å². The molecule has 0 bridgehead atoms.